The predicted octanol–water partition coefficient (Wildman–Crippen LogP) is 2.20. The van der Waals surface area contributed by atoms with Crippen LogP contribution in [0.2, 0.25) is 0 Å². The van der Waals surface area contributed by atoms with Gasteiger partial charge in [-0.05, 0) is 69.3 Å². The van der Waals surface area contributed by atoms with Gasteiger partial charge in [-0.25, -0.2) is 0 Å². The zero-order valence-electron chi connectivity index (χ0n) is 17.8. The minimum atomic E-state index is -0.106. The van der Waals surface area contributed by atoms with Gasteiger partial charge in [0.15, 0.2) is 5.11 Å². The van der Waals surface area contributed by atoms with Crippen LogP contribution in [0.25, 0.3) is 10.9 Å². The Morgan fingerprint density at radius 1 is 1.17 bits per heavy atom. The molecule has 0 aliphatic rings. The molecule has 0 amide bonds. The highest BCUT2D eigenvalue weighted by molar-refractivity contribution is 7.80. The number of ether oxygens (including phenoxy) is 2. The Balaban J connectivity index is 2.16. The Morgan fingerprint density at radius 3 is 2.66 bits per heavy atom. The number of aromatic amines is 1. The van der Waals surface area contributed by atoms with Gasteiger partial charge in [0.05, 0.1) is 19.2 Å². The summed E-state index contributed by atoms with van der Waals surface area (Å²) in [7, 11) is 7.40. The van der Waals surface area contributed by atoms with Gasteiger partial charge in [0.25, 0.3) is 5.56 Å². The lowest BCUT2D eigenvalue weighted by Gasteiger charge is -2.26. The van der Waals surface area contributed by atoms with E-state index in [2.05, 4.69) is 20.1 Å². The van der Waals surface area contributed by atoms with Gasteiger partial charge in [0.1, 0.15) is 5.75 Å². The number of methoxy groups -OCH3 is 2. The van der Waals surface area contributed by atoms with Crippen molar-refractivity contribution < 1.29 is 9.47 Å². The fourth-order valence-corrected chi connectivity index (χ4v) is 3.29. The third kappa shape index (κ3) is 7.30. The van der Waals surface area contributed by atoms with Crippen molar-refractivity contribution in [1.82, 2.24) is 20.1 Å². The monoisotopic (exact) mass is 420 g/mol. The van der Waals surface area contributed by atoms with Gasteiger partial charge in [0.2, 0.25) is 0 Å². The maximum atomic E-state index is 12.7. The van der Waals surface area contributed by atoms with Gasteiger partial charge in [-0.1, -0.05) is 0 Å². The van der Waals surface area contributed by atoms with Crippen molar-refractivity contribution >= 4 is 28.2 Å². The average molecular weight is 421 g/mol. The second-order valence-electron chi connectivity index (χ2n) is 7.23. The van der Waals surface area contributed by atoms with Crippen molar-refractivity contribution in [1.29, 1.82) is 0 Å². The minimum absolute atomic E-state index is 0.106. The molecule has 0 spiro atoms. The highest BCUT2D eigenvalue weighted by Gasteiger charge is 2.13. The number of rotatable bonds is 11. The highest BCUT2D eigenvalue weighted by atomic mass is 32.1. The molecule has 2 rings (SSSR count). The molecular formula is C21H32N4O3S. The third-order valence-electron chi connectivity index (χ3n) is 4.61. The summed E-state index contributed by atoms with van der Waals surface area (Å²) in [5.74, 6) is 0.715. The molecule has 8 heteroatoms. The predicted molar refractivity (Wildman–Crippen MR) is 122 cm³/mol. The molecule has 1 aromatic heterocycles. The molecule has 7 nitrogen and oxygen atoms in total. The first-order valence-electron chi connectivity index (χ1n) is 9.81. The Hall–Kier alpha value is -2.16. The quantitative estimate of drug-likeness (QED) is 0.427. The smallest absolute Gasteiger partial charge is 0.253 e. The second kappa shape index (κ2) is 11.7. The topological polar surface area (TPSA) is 69.8 Å². The number of H-pyrrole nitrogens is 1. The Kier molecular flexibility index (Phi) is 9.37. The normalized spacial score (nSPS) is 11.1. The fraction of sp³-hybridized carbons (Fsp3) is 0.524. The Bertz CT molecular complexity index is 853. The summed E-state index contributed by atoms with van der Waals surface area (Å²) in [4.78, 5) is 19.8. The molecule has 0 unspecified atom stereocenters. The van der Waals surface area contributed by atoms with Gasteiger partial charge >= 0.3 is 0 Å². The van der Waals surface area contributed by atoms with Crippen molar-refractivity contribution in [3.8, 4) is 5.75 Å². The molecule has 0 saturated heterocycles. The maximum absolute atomic E-state index is 12.7. The second-order valence-corrected chi connectivity index (χ2v) is 7.62. The van der Waals surface area contributed by atoms with Crippen molar-refractivity contribution in [2.45, 2.75) is 19.4 Å². The van der Waals surface area contributed by atoms with Crippen LogP contribution in [0.3, 0.4) is 0 Å². The summed E-state index contributed by atoms with van der Waals surface area (Å²) in [5, 5.41) is 4.91. The van der Waals surface area contributed by atoms with Crippen molar-refractivity contribution in [3.05, 3.63) is 40.2 Å². The molecule has 0 atom stereocenters. The molecule has 29 heavy (non-hydrogen) atoms. The van der Waals surface area contributed by atoms with Crippen LogP contribution in [0.1, 0.15) is 18.4 Å². The number of pyridine rings is 1. The number of aromatic nitrogens is 1. The number of benzene rings is 1. The van der Waals surface area contributed by atoms with E-state index in [1.165, 1.54) is 0 Å². The molecule has 1 heterocycles. The van der Waals surface area contributed by atoms with Gasteiger partial charge in [-0.15, -0.1) is 0 Å². The van der Waals surface area contributed by atoms with Crippen molar-refractivity contribution in [3.63, 3.8) is 0 Å². The third-order valence-corrected chi connectivity index (χ3v) is 5.02. The summed E-state index contributed by atoms with van der Waals surface area (Å²) in [6.45, 7) is 3.61. The SMILES string of the molecule is COCCCNC(=S)N(CCCN(C)C)Cc1cc2ccc(OC)cc2[nH]c1=O. The van der Waals surface area contributed by atoms with E-state index in [-0.39, 0.29) is 5.56 Å². The molecule has 160 valence electrons. The standard InChI is InChI=1S/C21H32N4O3S/c1-24(2)10-6-11-25(21(29)22-9-5-12-27-3)15-17-13-16-7-8-18(28-4)14-19(16)23-20(17)26/h7-8,13-14H,5-6,9-12,15H2,1-4H3,(H,22,29)(H,23,26). The van der Waals surface area contributed by atoms with E-state index in [4.69, 9.17) is 21.7 Å². The first-order valence-corrected chi connectivity index (χ1v) is 10.2. The average Bonchev–Trinajstić information content (AvgIpc) is 2.70. The molecule has 0 fully saturated rings. The molecule has 0 aliphatic heterocycles. The highest BCUT2D eigenvalue weighted by Crippen LogP contribution is 2.19. The lowest BCUT2D eigenvalue weighted by molar-refractivity contribution is 0.195. The van der Waals surface area contributed by atoms with E-state index in [9.17, 15) is 4.79 Å². The molecule has 2 aromatic rings. The lowest BCUT2D eigenvalue weighted by atomic mass is 10.1. The number of hydrogen-bond acceptors (Lipinski definition) is 5. The van der Waals surface area contributed by atoms with Crippen molar-refractivity contribution in [2.75, 3.05) is 54.6 Å². The number of nitrogens with one attached hydrogen (secondary N) is 2. The molecular weight excluding hydrogens is 388 g/mol. The van der Waals surface area contributed by atoms with Crippen LogP contribution in [-0.2, 0) is 11.3 Å². The molecule has 0 bridgehead atoms. The van der Waals surface area contributed by atoms with Gasteiger partial charge in [-0.2, -0.15) is 0 Å². The lowest BCUT2D eigenvalue weighted by Crippen LogP contribution is -2.42. The van der Waals surface area contributed by atoms with E-state index < -0.39 is 0 Å². The van der Waals surface area contributed by atoms with Crippen LogP contribution < -0.4 is 15.6 Å². The summed E-state index contributed by atoms with van der Waals surface area (Å²) >= 11 is 5.61. The largest absolute Gasteiger partial charge is 0.497 e. The van der Waals surface area contributed by atoms with E-state index >= 15 is 0 Å². The minimum Gasteiger partial charge on any atom is -0.497 e. The summed E-state index contributed by atoms with van der Waals surface area (Å²) < 4.78 is 10.3. The summed E-state index contributed by atoms with van der Waals surface area (Å²) in [6.07, 6.45) is 1.83. The summed E-state index contributed by atoms with van der Waals surface area (Å²) in [6, 6.07) is 7.60. The molecule has 1 aromatic carbocycles. The van der Waals surface area contributed by atoms with E-state index in [0.717, 1.165) is 43.4 Å². The Morgan fingerprint density at radius 2 is 1.97 bits per heavy atom. The first kappa shape index (κ1) is 23.1. The van der Waals surface area contributed by atoms with Crippen LogP contribution in [0.4, 0.5) is 0 Å². The fourth-order valence-electron chi connectivity index (χ4n) is 3.03. The zero-order valence-corrected chi connectivity index (χ0v) is 18.6. The van der Waals surface area contributed by atoms with Crippen LogP contribution in [0.5, 0.6) is 5.75 Å². The Labute approximate surface area is 178 Å². The molecule has 2 N–H and O–H groups in total. The molecule has 0 radical (unpaired) electrons. The van der Waals surface area contributed by atoms with Gasteiger partial charge < -0.3 is 29.6 Å². The van der Waals surface area contributed by atoms with Crippen LogP contribution in [0.15, 0.2) is 29.1 Å². The number of fused-ring (bicyclic) bond motifs is 1. The van der Waals surface area contributed by atoms with E-state index in [1.54, 1.807) is 14.2 Å². The van der Waals surface area contributed by atoms with Gasteiger partial charge in [0, 0.05) is 38.4 Å². The number of thiocarbonyl (C=S) groups is 1. The van der Waals surface area contributed by atoms with Crippen LogP contribution in [0, 0.1) is 0 Å². The van der Waals surface area contributed by atoms with E-state index in [0.29, 0.717) is 29.6 Å². The van der Waals surface area contributed by atoms with Crippen molar-refractivity contribution in [2.24, 2.45) is 0 Å². The number of hydrogen-bond donors (Lipinski definition) is 2. The summed E-state index contributed by atoms with van der Waals surface area (Å²) in [5.41, 5.74) is 1.34. The van der Waals surface area contributed by atoms with Crippen LogP contribution >= 0.6 is 12.2 Å². The van der Waals surface area contributed by atoms with Crippen LogP contribution in [-0.4, -0.2) is 74.5 Å². The molecule has 0 aliphatic carbocycles. The van der Waals surface area contributed by atoms with Gasteiger partial charge in [-0.3, -0.25) is 4.79 Å². The number of nitrogens with zero attached hydrogens (tertiary/aromatic N) is 2. The maximum Gasteiger partial charge on any atom is 0.253 e. The molecule has 0 saturated carbocycles. The van der Waals surface area contributed by atoms with E-state index in [1.807, 2.05) is 38.4 Å². The first-order chi connectivity index (χ1) is 13.9. The zero-order chi connectivity index (χ0) is 21.2.